The number of hydrogen-bond donors (Lipinski definition) is 1. The zero-order valence-corrected chi connectivity index (χ0v) is 18.2. The van der Waals surface area contributed by atoms with Crippen molar-refractivity contribution in [3.05, 3.63) is 65.2 Å². The Morgan fingerprint density at radius 2 is 1.75 bits per heavy atom. The molecule has 6 nitrogen and oxygen atoms in total. The van der Waals surface area contributed by atoms with Gasteiger partial charge in [-0.25, -0.2) is 13.6 Å². The molecule has 0 unspecified atom stereocenters. The second kappa shape index (κ2) is 8.86. The molecule has 4 rings (SSSR count). The summed E-state index contributed by atoms with van der Waals surface area (Å²) in [4.78, 5) is 28.9. The van der Waals surface area contributed by atoms with Gasteiger partial charge in [0.25, 0.3) is 5.91 Å². The number of amides is 3. The van der Waals surface area contributed by atoms with Gasteiger partial charge in [-0.3, -0.25) is 14.6 Å². The quantitative estimate of drug-likeness (QED) is 0.696. The summed E-state index contributed by atoms with van der Waals surface area (Å²) in [5, 5.41) is 2.98. The summed E-state index contributed by atoms with van der Waals surface area (Å²) in [7, 11) is 3.09. The van der Waals surface area contributed by atoms with Crippen LogP contribution in [0.3, 0.4) is 0 Å². The third-order valence-corrected chi connectivity index (χ3v) is 6.55. The molecule has 32 heavy (non-hydrogen) atoms. The number of imide groups is 1. The molecule has 2 saturated heterocycles. The second-order valence-corrected chi connectivity index (χ2v) is 8.62. The van der Waals surface area contributed by atoms with Crippen molar-refractivity contribution >= 4 is 11.9 Å². The van der Waals surface area contributed by atoms with Crippen molar-refractivity contribution < 1.29 is 23.1 Å². The van der Waals surface area contributed by atoms with E-state index in [4.69, 9.17) is 4.74 Å². The first kappa shape index (κ1) is 22.2. The van der Waals surface area contributed by atoms with Crippen molar-refractivity contribution in [2.75, 3.05) is 27.2 Å². The van der Waals surface area contributed by atoms with Gasteiger partial charge >= 0.3 is 6.03 Å². The summed E-state index contributed by atoms with van der Waals surface area (Å²) in [5.74, 6) is -0.768. The van der Waals surface area contributed by atoms with E-state index in [1.807, 2.05) is 24.3 Å². The van der Waals surface area contributed by atoms with Crippen molar-refractivity contribution in [1.82, 2.24) is 15.1 Å². The number of carbonyl (C=O) groups excluding carboxylic acids is 2. The minimum Gasteiger partial charge on any atom is -0.497 e. The highest BCUT2D eigenvalue weighted by atomic mass is 19.1. The fraction of sp³-hybridized carbons (Fsp3) is 0.417. The molecule has 0 aliphatic carbocycles. The fourth-order valence-corrected chi connectivity index (χ4v) is 4.91. The van der Waals surface area contributed by atoms with Crippen LogP contribution in [0.5, 0.6) is 5.75 Å². The van der Waals surface area contributed by atoms with E-state index in [1.54, 1.807) is 7.11 Å². The van der Waals surface area contributed by atoms with E-state index in [0.717, 1.165) is 16.5 Å². The molecule has 8 heteroatoms. The van der Waals surface area contributed by atoms with Gasteiger partial charge in [0.1, 0.15) is 22.9 Å². The third-order valence-electron chi connectivity index (χ3n) is 6.55. The molecule has 2 aliphatic rings. The fourth-order valence-electron chi connectivity index (χ4n) is 4.91. The van der Waals surface area contributed by atoms with Crippen LogP contribution in [-0.2, 0) is 17.8 Å². The minimum atomic E-state index is -1.02. The number of nitrogens with zero attached hydrogens (tertiary/aromatic N) is 2. The molecule has 0 aromatic heterocycles. The molecular weight excluding hydrogens is 416 g/mol. The number of piperidine rings is 1. The largest absolute Gasteiger partial charge is 0.497 e. The lowest BCUT2D eigenvalue weighted by molar-refractivity contribution is -0.133. The van der Waals surface area contributed by atoms with Crippen molar-refractivity contribution in [3.63, 3.8) is 0 Å². The van der Waals surface area contributed by atoms with Crippen molar-refractivity contribution in [2.24, 2.45) is 5.92 Å². The first-order chi connectivity index (χ1) is 15.3. The Labute approximate surface area is 186 Å². The summed E-state index contributed by atoms with van der Waals surface area (Å²) in [5.41, 5.74) is 0.470. The van der Waals surface area contributed by atoms with Crippen LogP contribution in [-0.4, -0.2) is 54.5 Å². The van der Waals surface area contributed by atoms with Crippen LogP contribution in [0.1, 0.15) is 24.0 Å². The summed E-state index contributed by atoms with van der Waals surface area (Å²) in [6.45, 7) is 1.76. The number of rotatable bonds is 6. The normalized spacial score (nSPS) is 22.3. The highest BCUT2D eigenvalue weighted by Crippen LogP contribution is 2.37. The van der Waals surface area contributed by atoms with Gasteiger partial charge in [0.2, 0.25) is 0 Å². The minimum absolute atomic E-state index is 0.0596. The molecule has 3 amide bonds. The molecule has 170 valence electrons. The molecule has 0 saturated carbocycles. The predicted molar refractivity (Wildman–Crippen MR) is 115 cm³/mol. The van der Waals surface area contributed by atoms with Gasteiger partial charge in [-0.05, 0) is 67.2 Å². The van der Waals surface area contributed by atoms with E-state index in [0.29, 0.717) is 50.2 Å². The summed E-state index contributed by atoms with van der Waals surface area (Å²) < 4.78 is 32.4. The average molecular weight is 443 g/mol. The zero-order valence-electron chi connectivity index (χ0n) is 18.2. The number of urea groups is 1. The standard InChI is InChI=1S/C24H27F2N3O3/c1-28-22(30)24(27-23(28)31,14-16-4-3-5-21(12-16)32-2)18-6-8-29(9-7-18)15-17-10-19(25)13-20(26)11-17/h3-5,10-13,18H,6-9,14-15H2,1-2H3,(H,27,31)/t24-/m0/s1. The monoisotopic (exact) mass is 443 g/mol. The number of methoxy groups -OCH3 is 1. The summed E-state index contributed by atoms with van der Waals surface area (Å²) in [6.07, 6.45) is 1.74. The van der Waals surface area contributed by atoms with E-state index in [2.05, 4.69) is 10.2 Å². The number of benzene rings is 2. The van der Waals surface area contributed by atoms with Crippen LogP contribution in [0.2, 0.25) is 0 Å². The Bertz CT molecular complexity index is 1000. The van der Waals surface area contributed by atoms with Gasteiger partial charge < -0.3 is 10.1 Å². The molecule has 2 fully saturated rings. The Kier molecular flexibility index (Phi) is 6.15. The lowest BCUT2D eigenvalue weighted by atomic mass is 9.74. The number of hydrogen-bond acceptors (Lipinski definition) is 4. The molecule has 2 aliphatic heterocycles. The van der Waals surface area contributed by atoms with E-state index in [9.17, 15) is 18.4 Å². The van der Waals surface area contributed by atoms with Crippen LogP contribution < -0.4 is 10.1 Å². The third kappa shape index (κ3) is 4.32. The molecule has 2 aromatic rings. The van der Waals surface area contributed by atoms with Crippen LogP contribution in [0.15, 0.2) is 42.5 Å². The Morgan fingerprint density at radius 3 is 2.34 bits per heavy atom. The van der Waals surface area contributed by atoms with E-state index >= 15 is 0 Å². The van der Waals surface area contributed by atoms with E-state index in [1.165, 1.54) is 19.2 Å². The number of halogens is 2. The van der Waals surface area contributed by atoms with Crippen molar-refractivity contribution in [1.29, 1.82) is 0 Å². The molecule has 1 atom stereocenters. The van der Waals surface area contributed by atoms with E-state index in [-0.39, 0.29) is 11.8 Å². The van der Waals surface area contributed by atoms with Crippen LogP contribution in [0, 0.1) is 17.6 Å². The molecule has 2 aromatic carbocycles. The van der Waals surface area contributed by atoms with Crippen LogP contribution in [0.4, 0.5) is 13.6 Å². The van der Waals surface area contributed by atoms with Crippen molar-refractivity contribution in [3.8, 4) is 5.75 Å². The first-order valence-electron chi connectivity index (χ1n) is 10.7. The van der Waals surface area contributed by atoms with Gasteiger partial charge in [-0.15, -0.1) is 0 Å². The van der Waals surface area contributed by atoms with Gasteiger partial charge in [0.15, 0.2) is 0 Å². The number of likely N-dealkylation sites (N-methyl/N-ethyl adjacent to an activating group) is 1. The number of ether oxygens (including phenoxy) is 1. The molecular formula is C24H27F2N3O3. The molecule has 1 N–H and O–H groups in total. The molecule has 0 radical (unpaired) electrons. The SMILES string of the molecule is COc1cccc(C[C@@]2(C3CCN(Cc4cc(F)cc(F)c4)CC3)NC(=O)N(C)C2=O)c1. The Hall–Kier alpha value is -3.00. The average Bonchev–Trinajstić information content (AvgIpc) is 2.98. The van der Waals surface area contributed by atoms with Crippen LogP contribution >= 0.6 is 0 Å². The molecule has 2 heterocycles. The van der Waals surface area contributed by atoms with Gasteiger partial charge in [0, 0.05) is 26.1 Å². The van der Waals surface area contributed by atoms with E-state index < -0.39 is 23.2 Å². The summed E-state index contributed by atoms with van der Waals surface area (Å²) in [6, 6.07) is 10.7. The molecule has 0 bridgehead atoms. The molecule has 0 spiro atoms. The highest BCUT2D eigenvalue weighted by molar-refractivity contribution is 6.07. The number of nitrogens with one attached hydrogen (secondary N) is 1. The zero-order chi connectivity index (χ0) is 22.9. The Morgan fingerprint density at radius 1 is 1.06 bits per heavy atom. The summed E-state index contributed by atoms with van der Waals surface area (Å²) >= 11 is 0. The van der Waals surface area contributed by atoms with Crippen LogP contribution in [0.25, 0.3) is 0 Å². The van der Waals surface area contributed by atoms with Crippen molar-refractivity contribution in [2.45, 2.75) is 31.3 Å². The lowest BCUT2D eigenvalue weighted by Gasteiger charge is -2.41. The maximum absolute atomic E-state index is 13.5. The number of likely N-dealkylation sites (tertiary alicyclic amines) is 1. The predicted octanol–water partition coefficient (Wildman–Crippen LogP) is 3.35. The lowest BCUT2D eigenvalue weighted by Crippen LogP contribution is -2.57. The maximum Gasteiger partial charge on any atom is 0.324 e. The Balaban J connectivity index is 1.51. The smallest absolute Gasteiger partial charge is 0.324 e. The van der Waals surface area contributed by atoms with Gasteiger partial charge in [0.05, 0.1) is 7.11 Å². The van der Waals surface area contributed by atoms with Gasteiger partial charge in [-0.2, -0.15) is 0 Å². The number of carbonyl (C=O) groups is 2. The maximum atomic E-state index is 13.5. The first-order valence-corrected chi connectivity index (χ1v) is 10.7. The van der Waals surface area contributed by atoms with Gasteiger partial charge in [-0.1, -0.05) is 12.1 Å². The topological polar surface area (TPSA) is 61.9 Å². The second-order valence-electron chi connectivity index (χ2n) is 8.62. The highest BCUT2D eigenvalue weighted by Gasteiger charge is 2.54.